The summed E-state index contributed by atoms with van der Waals surface area (Å²) in [6, 6.07) is 13.2. The van der Waals surface area contributed by atoms with Crippen molar-refractivity contribution in [1.82, 2.24) is 19.7 Å². The van der Waals surface area contributed by atoms with E-state index in [0.29, 0.717) is 11.4 Å². The number of nitrogens with zero attached hydrogens (tertiary/aromatic N) is 4. The predicted molar refractivity (Wildman–Crippen MR) is 78.2 cm³/mol. The molecule has 2 N–H and O–H groups in total. The molecule has 3 rings (SSSR count). The van der Waals surface area contributed by atoms with Crippen LogP contribution in [0.4, 0.5) is 0 Å². The number of nitrogens with two attached hydrogens (primary N) is 1. The third kappa shape index (κ3) is 2.51. The van der Waals surface area contributed by atoms with Crippen molar-refractivity contribution in [3.8, 4) is 22.6 Å². The molecule has 0 aliphatic carbocycles. The van der Waals surface area contributed by atoms with Crippen LogP contribution in [0.2, 0.25) is 0 Å². The van der Waals surface area contributed by atoms with Crippen LogP contribution in [0.25, 0.3) is 22.6 Å². The minimum absolute atomic E-state index is 0.00690. The smallest absolute Gasteiger partial charge is 0.286 e. The number of primary amides is 1. The Hall–Kier alpha value is -3.02. The lowest BCUT2D eigenvalue weighted by molar-refractivity contribution is 0.0990. The summed E-state index contributed by atoms with van der Waals surface area (Å²) in [6.07, 6.45) is 1.67. The SMILES string of the molecule is Cn1nccc1-c1cc(-c2ccccc2)nc(C(N)=O)n1. The Bertz CT molecular complexity index is 795. The highest BCUT2D eigenvalue weighted by Crippen LogP contribution is 2.23. The van der Waals surface area contributed by atoms with Gasteiger partial charge >= 0.3 is 0 Å². The monoisotopic (exact) mass is 279 g/mol. The van der Waals surface area contributed by atoms with Gasteiger partial charge in [0.25, 0.3) is 5.91 Å². The first kappa shape index (κ1) is 13.0. The van der Waals surface area contributed by atoms with Crippen molar-refractivity contribution in [3.05, 3.63) is 54.5 Å². The number of hydrogen-bond acceptors (Lipinski definition) is 4. The summed E-state index contributed by atoms with van der Waals surface area (Å²) in [5.41, 5.74) is 8.28. The van der Waals surface area contributed by atoms with Crippen LogP contribution in [0.5, 0.6) is 0 Å². The van der Waals surface area contributed by atoms with E-state index in [1.165, 1.54) is 0 Å². The quantitative estimate of drug-likeness (QED) is 0.789. The molecule has 0 unspecified atom stereocenters. The zero-order chi connectivity index (χ0) is 14.8. The second kappa shape index (κ2) is 5.16. The minimum Gasteiger partial charge on any atom is -0.363 e. The van der Waals surface area contributed by atoms with Crippen LogP contribution in [0, 0.1) is 0 Å². The second-order valence-corrected chi connectivity index (χ2v) is 4.53. The topological polar surface area (TPSA) is 86.7 Å². The van der Waals surface area contributed by atoms with E-state index in [1.807, 2.05) is 49.5 Å². The van der Waals surface area contributed by atoms with E-state index in [9.17, 15) is 4.79 Å². The van der Waals surface area contributed by atoms with Gasteiger partial charge in [0, 0.05) is 18.8 Å². The second-order valence-electron chi connectivity index (χ2n) is 4.53. The zero-order valence-corrected chi connectivity index (χ0v) is 11.4. The van der Waals surface area contributed by atoms with Gasteiger partial charge in [0.1, 0.15) is 0 Å². The number of carbonyl (C=O) groups excluding carboxylic acids is 1. The van der Waals surface area contributed by atoms with Gasteiger partial charge in [0.15, 0.2) is 0 Å². The number of hydrogen-bond donors (Lipinski definition) is 1. The Kier molecular flexibility index (Phi) is 3.19. The average Bonchev–Trinajstić information content (AvgIpc) is 2.94. The Morgan fingerprint density at radius 1 is 1.10 bits per heavy atom. The molecule has 1 amide bonds. The molecule has 0 spiro atoms. The first-order valence-electron chi connectivity index (χ1n) is 6.38. The molecule has 1 aromatic carbocycles. The molecular weight excluding hydrogens is 266 g/mol. The largest absolute Gasteiger partial charge is 0.363 e. The molecule has 3 aromatic rings. The van der Waals surface area contributed by atoms with Crippen molar-refractivity contribution in [2.45, 2.75) is 0 Å². The van der Waals surface area contributed by atoms with Crippen LogP contribution >= 0.6 is 0 Å². The molecule has 21 heavy (non-hydrogen) atoms. The van der Waals surface area contributed by atoms with E-state index >= 15 is 0 Å². The van der Waals surface area contributed by atoms with Gasteiger partial charge in [-0.05, 0) is 12.1 Å². The van der Waals surface area contributed by atoms with Gasteiger partial charge in [0.2, 0.25) is 5.82 Å². The van der Waals surface area contributed by atoms with E-state index in [-0.39, 0.29) is 5.82 Å². The van der Waals surface area contributed by atoms with Crippen LogP contribution in [-0.4, -0.2) is 25.7 Å². The van der Waals surface area contributed by atoms with Crippen molar-refractivity contribution >= 4 is 5.91 Å². The third-order valence-corrected chi connectivity index (χ3v) is 3.10. The van der Waals surface area contributed by atoms with Gasteiger partial charge in [-0.2, -0.15) is 5.10 Å². The van der Waals surface area contributed by atoms with Gasteiger partial charge < -0.3 is 5.73 Å². The fraction of sp³-hybridized carbons (Fsp3) is 0.0667. The first-order valence-corrected chi connectivity index (χ1v) is 6.38. The number of benzene rings is 1. The number of aromatic nitrogens is 4. The summed E-state index contributed by atoms with van der Waals surface area (Å²) in [4.78, 5) is 19.9. The van der Waals surface area contributed by atoms with E-state index < -0.39 is 5.91 Å². The normalized spacial score (nSPS) is 10.5. The number of rotatable bonds is 3. The van der Waals surface area contributed by atoms with Gasteiger partial charge in [-0.25, -0.2) is 9.97 Å². The van der Waals surface area contributed by atoms with Gasteiger partial charge in [0.05, 0.1) is 17.1 Å². The van der Waals surface area contributed by atoms with Gasteiger partial charge in [-0.3, -0.25) is 9.48 Å². The van der Waals surface area contributed by atoms with Crippen LogP contribution in [0.3, 0.4) is 0 Å². The summed E-state index contributed by atoms with van der Waals surface area (Å²) in [5.74, 6) is -0.663. The highest BCUT2D eigenvalue weighted by atomic mass is 16.1. The summed E-state index contributed by atoms with van der Waals surface area (Å²) < 4.78 is 1.68. The summed E-state index contributed by atoms with van der Waals surface area (Å²) in [6.45, 7) is 0. The molecule has 0 saturated heterocycles. The maximum atomic E-state index is 11.5. The summed E-state index contributed by atoms with van der Waals surface area (Å²) in [7, 11) is 1.81. The number of aryl methyl sites for hydroxylation is 1. The first-order chi connectivity index (χ1) is 10.1. The molecule has 0 bridgehead atoms. The lowest BCUT2D eigenvalue weighted by atomic mass is 10.1. The molecule has 0 aliphatic rings. The van der Waals surface area contributed by atoms with Crippen molar-refractivity contribution in [2.75, 3.05) is 0 Å². The van der Waals surface area contributed by atoms with Crippen molar-refractivity contribution in [3.63, 3.8) is 0 Å². The van der Waals surface area contributed by atoms with Crippen LogP contribution < -0.4 is 5.73 Å². The Balaban J connectivity index is 2.20. The standard InChI is InChI=1S/C15H13N5O/c1-20-13(7-8-17-20)12-9-11(10-5-3-2-4-6-10)18-15(19-12)14(16)21/h2-9H,1H3,(H2,16,21). The highest BCUT2D eigenvalue weighted by molar-refractivity contribution is 5.90. The number of carbonyl (C=O) groups is 1. The molecule has 2 aromatic heterocycles. The molecule has 2 heterocycles. The highest BCUT2D eigenvalue weighted by Gasteiger charge is 2.13. The maximum absolute atomic E-state index is 11.5. The zero-order valence-electron chi connectivity index (χ0n) is 11.4. The van der Waals surface area contributed by atoms with Crippen molar-refractivity contribution < 1.29 is 4.79 Å². The molecule has 0 aliphatic heterocycles. The Morgan fingerprint density at radius 2 is 1.81 bits per heavy atom. The lowest BCUT2D eigenvalue weighted by Crippen LogP contribution is -2.16. The fourth-order valence-electron chi connectivity index (χ4n) is 2.07. The summed E-state index contributed by atoms with van der Waals surface area (Å²) in [5, 5.41) is 4.11. The molecular formula is C15H13N5O. The molecule has 0 saturated carbocycles. The van der Waals surface area contributed by atoms with E-state index in [2.05, 4.69) is 15.1 Å². The molecule has 0 atom stereocenters. The van der Waals surface area contributed by atoms with E-state index in [4.69, 9.17) is 5.73 Å². The fourth-order valence-corrected chi connectivity index (χ4v) is 2.07. The van der Waals surface area contributed by atoms with Crippen LogP contribution in [0.15, 0.2) is 48.7 Å². The molecule has 0 fully saturated rings. The molecule has 104 valence electrons. The minimum atomic E-state index is -0.656. The predicted octanol–water partition coefficient (Wildman–Crippen LogP) is 1.64. The Labute approximate surface area is 121 Å². The van der Waals surface area contributed by atoms with Crippen LogP contribution in [0.1, 0.15) is 10.6 Å². The molecule has 6 heteroatoms. The summed E-state index contributed by atoms with van der Waals surface area (Å²) >= 11 is 0. The average molecular weight is 279 g/mol. The van der Waals surface area contributed by atoms with Crippen LogP contribution in [-0.2, 0) is 7.05 Å². The maximum Gasteiger partial charge on any atom is 0.286 e. The molecule has 0 radical (unpaired) electrons. The Morgan fingerprint density at radius 3 is 2.43 bits per heavy atom. The van der Waals surface area contributed by atoms with Gasteiger partial charge in [-0.15, -0.1) is 0 Å². The van der Waals surface area contributed by atoms with Crippen molar-refractivity contribution in [2.24, 2.45) is 12.8 Å². The van der Waals surface area contributed by atoms with E-state index in [1.54, 1.807) is 10.9 Å². The van der Waals surface area contributed by atoms with E-state index in [0.717, 1.165) is 11.3 Å². The van der Waals surface area contributed by atoms with Crippen molar-refractivity contribution in [1.29, 1.82) is 0 Å². The third-order valence-electron chi connectivity index (χ3n) is 3.10. The molecule has 6 nitrogen and oxygen atoms in total. The van der Waals surface area contributed by atoms with Gasteiger partial charge in [-0.1, -0.05) is 30.3 Å². The lowest BCUT2D eigenvalue weighted by Gasteiger charge is -2.07. The number of amides is 1.